The third-order valence-corrected chi connectivity index (χ3v) is 5.58. The first-order valence-electron chi connectivity index (χ1n) is 8.61. The summed E-state index contributed by atoms with van der Waals surface area (Å²) in [5.74, 6) is 0.149. The van der Waals surface area contributed by atoms with Crippen molar-refractivity contribution in [2.45, 2.75) is 57.5 Å². The molecular formula is C17H27N3O2. The maximum atomic E-state index is 12.7. The highest BCUT2D eigenvalue weighted by atomic mass is 16.2. The Bertz CT molecular complexity index is 490. The van der Waals surface area contributed by atoms with Crippen molar-refractivity contribution in [3.8, 4) is 0 Å². The second-order valence-electron chi connectivity index (χ2n) is 6.94. The van der Waals surface area contributed by atoms with Crippen LogP contribution < -0.4 is 5.32 Å². The number of likely N-dealkylation sites (N-methyl/N-ethyl adjacent to an activating group) is 1. The summed E-state index contributed by atoms with van der Waals surface area (Å²) in [5, 5.41) is 2.97. The Morgan fingerprint density at radius 2 is 2.14 bits per heavy atom. The first-order valence-corrected chi connectivity index (χ1v) is 8.61. The van der Waals surface area contributed by atoms with Crippen LogP contribution in [0.1, 0.15) is 46.0 Å². The smallest absolute Gasteiger partial charge is 0.323 e. The highest BCUT2D eigenvalue weighted by molar-refractivity contribution is 6.07. The van der Waals surface area contributed by atoms with Gasteiger partial charge >= 0.3 is 6.03 Å². The van der Waals surface area contributed by atoms with Crippen molar-refractivity contribution in [2.24, 2.45) is 5.92 Å². The largest absolute Gasteiger partial charge is 0.325 e. The Hall–Kier alpha value is -1.36. The Kier molecular flexibility index (Phi) is 4.26. The fraction of sp³-hybridized carbons (Fsp3) is 0.765. The lowest BCUT2D eigenvalue weighted by Crippen LogP contribution is -2.57. The summed E-state index contributed by atoms with van der Waals surface area (Å²) in [6, 6.07) is 0.277. The number of nitrogens with zero attached hydrogens (tertiary/aromatic N) is 2. The van der Waals surface area contributed by atoms with Crippen molar-refractivity contribution in [1.29, 1.82) is 0 Å². The summed E-state index contributed by atoms with van der Waals surface area (Å²) >= 11 is 0. The van der Waals surface area contributed by atoms with Crippen LogP contribution in [0, 0.1) is 5.92 Å². The van der Waals surface area contributed by atoms with Gasteiger partial charge in [0.1, 0.15) is 5.54 Å². The molecule has 22 heavy (non-hydrogen) atoms. The third kappa shape index (κ3) is 2.56. The first-order chi connectivity index (χ1) is 10.6. The van der Waals surface area contributed by atoms with Crippen molar-refractivity contribution >= 4 is 11.9 Å². The van der Waals surface area contributed by atoms with E-state index in [1.165, 1.54) is 24.2 Å². The van der Waals surface area contributed by atoms with E-state index in [1.54, 1.807) is 0 Å². The Balaban J connectivity index is 1.74. The number of imide groups is 1. The zero-order chi connectivity index (χ0) is 15.7. The van der Waals surface area contributed by atoms with Gasteiger partial charge in [-0.3, -0.25) is 14.6 Å². The topological polar surface area (TPSA) is 52.7 Å². The van der Waals surface area contributed by atoms with Gasteiger partial charge in [-0.25, -0.2) is 4.79 Å². The molecule has 122 valence electrons. The van der Waals surface area contributed by atoms with Gasteiger partial charge in [0.2, 0.25) is 0 Å². The zero-order valence-electron chi connectivity index (χ0n) is 13.7. The molecule has 1 N–H and O–H groups in total. The van der Waals surface area contributed by atoms with Crippen LogP contribution >= 0.6 is 0 Å². The van der Waals surface area contributed by atoms with Crippen LogP contribution in [-0.4, -0.2) is 53.0 Å². The molecule has 3 aliphatic rings. The number of nitrogens with one attached hydrogen (secondary N) is 1. The summed E-state index contributed by atoms with van der Waals surface area (Å²) in [6.45, 7) is 6.20. The highest BCUT2D eigenvalue weighted by Crippen LogP contribution is 2.34. The van der Waals surface area contributed by atoms with Crippen molar-refractivity contribution in [2.75, 3.05) is 19.6 Å². The van der Waals surface area contributed by atoms with E-state index >= 15 is 0 Å². The number of hydrogen-bond donors (Lipinski definition) is 1. The molecule has 0 aromatic heterocycles. The van der Waals surface area contributed by atoms with Crippen molar-refractivity contribution < 1.29 is 9.59 Å². The van der Waals surface area contributed by atoms with E-state index in [0.717, 1.165) is 25.9 Å². The number of carbonyl (C=O) groups is 2. The SMILES string of the molecule is CCN1C(=O)N[C@](C)([C@@H]2CCCN([C@H]3C=CCCC3)C2)C1=O. The molecule has 0 spiro atoms. The molecule has 0 saturated carbocycles. The lowest BCUT2D eigenvalue weighted by molar-refractivity contribution is -0.133. The molecule has 2 heterocycles. The molecule has 2 fully saturated rings. The number of urea groups is 1. The van der Waals surface area contributed by atoms with Crippen LogP contribution in [-0.2, 0) is 4.79 Å². The monoisotopic (exact) mass is 305 g/mol. The van der Waals surface area contributed by atoms with Gasteiger partial charge in [-0.05, 0) is 52.5 Å². The fourth-order valence-corrected chi connectivity index (χ4v) is 4.16. The predicted octanol–water partition coefficient (Wildman–Crippen LogP) is 2.14. The predicted molar refractivity (Wildman–Crippen MR) is 85.4 cm³/mol. The van der Waals surface area contributed by atoms with E-state index in [4.69, 9.17) is 0 Å². The number of allylic oxidation sites excluding steroid dienone is 1. The second kappa shape index (κ2) is 6.03. The minimum Gasteiger partial charge on any atom is -0.323 e. The van der Waals surface area contributed by atoms with E-state index in [2.05, 4.69) is 22.4 Å². The van der Waals surface area contributed by atoms with Gasteiger partial charge in [0.15, 0.2) is 0 Å². The van der Waals surface area contributed by atoms with Gasteiger partial charge in [0, 0.05) is 25.0 Å². The normalized spacial score (nSPS) is 36.7. The molecule has 2 aliphatic heterocycles. The van der Waals surface area contributed by atoms with Gasteiger partial charge < -0.3 is 5.32 Å². The van der Waals surface area contributed by atoms with Gasteiger partial charge in [-0.1, -0.05) is 12.2 Å². The van der Waals surface area contributed by atoms with Gasteiger partial charge in [0.25, 0.3) is 5.91 Å². The summed E-state index contributed by atoms with van der Waals surface area (Å²) in [7, 11) is 0. The molecule has 5 nitrogen and oxygen atoms in total. The standard InChI is InChI=1S/C17H27N3O2/c1-3-20-15(21)17(2,18-16(20)22)13-8-7-11-19(12-13)14-9-5-4-6-10-14/h5,9,13-14H,3-4,6-8,10-12H2,1-2H3,(H,18,22)/t13-,14+,17-/m1/s1. The van der Waals surface area contributed by atoms with Crippen molar-refractivity contribution in [3.05, 3.63) is 12.2 Å². The summed E-state index contributed by atoms with van der Waals surface area (Å²) in [6.07, 6.45) is 10.3. The van der Waals surface area contributed by atoms with Crippen LogP contribution in [0.5, 0.6) is 0 Å². The number of piperidine rings is 1. The van der Waals surface area contributed by atoms with Crippen LogP contribution in [0.3, 0.4) is 0 Å². The van der Waals surface area contributed by atoms with Crippen molar-refractivity contribution in [3.63, 3.8) is 0 Å². The molecule has 0 bridgehead atoms. The number of rotatable bonds is 3. The number of likely N-dealkylation sites (tertiary alicyclic amines) is 1. The second-order valence-corrected chi connectivity index (χ2v) is 6.94. The van der Waals surface area contributed by atoms with E-state index in [1.807, 2.05) is 13.8 Å². The van der Waals surface area contributed by atoms with E-state index in [0.29, 0.717) is 12.6 Å². The van der Waals surface area contributed by atoms with Gasteiger partial charge in [-0.2, -0.15) is 0 Å². The lowest BCUT2D eigenvalue weighted by atomic mass is 9.79. The van der Waals surface area contributed by atoms with E-state index in [-0.39, 0.29) is 17.9 Å². The maximum Gasteiger partial charge on any atom is 0.325 e. The quantitative estimate of drug-likeness (QED) is 0.642. The molecule has 0 aromatic rings. The van der Waals surface area contributed by atoms with Crippen molar-refractivity contribution in [1.82, 2.24) is 15.1 Å². The summed E-state index contributed by atoms with van der Waals surface area (Å²) < 4.78 is 0. The van der Waals surface area contributed by atoms with Crippen LogP contribution in [0.2, 0.25) is 0 Å². The first kappa shape index (κ1) is 15.5. The number of carbonyl (C=O) groups excluding carboxylic acids is 2. The average Bonchev–Trinajstić information content (AvgIpc) is 2.78. The average molecular weight is 305 g/mol. The fourth-order valence-electron chi connectivity index (χ4n) is 4.16. The minimum atomic E-state index is -0.732. The highest BCUT2D eigenvalue weighted by Gasteiger charge is 2.52. The molecular weight excluding hydrogens is 278 g/mol. The molecule has 0 radical (unpaired) electrons. The summed E-state index contributed by atoms with van der Waals surface area (Å²) in [5.41, 5.74) is -0.732. The molecule has 2 saturated heterocycles. The molecule has 5 heteroatoms. The molecule has 0 aromatic carbocycles. The Morgan fingerprint density at radius 1 is 1.32 bits per heavy atom. The maximum absolute atomic E-state index is 12.7. The molecule has 3 rings (SSSR count). The molecule has 3 amide bonds. The Labute approximate surface area is 132 Å². The molecule has 3 atom stereocenters. The lowest BCUT2D eigenvalue weighted by Gasteiger charge is -2.42. The number of hydrogen-bond acceptors (Lipinski definition) is 3. The van der Waals surface area contributed by atoms with Gasteiger partial charge in [0.05, 0.1) is 0 Å². The van der Waals surface area contributed by atoms with Crippen LogP contribution in [0.25, 0.3) is 0 Å². The molecule has 0 unspecified atom stereocenters. The van der Waals surface area contributed by atoms with E-state index in [9.17, 15) is 9.59 Å². The van der Waals surface area contributed by atoms with Gasteiger partial charge in [-0.15, -0.1) is 0 Å². The Morgan fingerprint density at radius 3 is 2.77 bits per heavy atom. The molecule has 1 aliphatic carbocycles. The summed E-state index contributed by atoms with van der Waals surface area (Å²) in [4.78, 5) is 28.5. The minimum absolute atomic E-state index is 0.0500. The zero-order valence-corrected chi connectivity index (χ0v) is 13.7. The number of amides is 3. The van der Waals surface area contributed by atoms with Crippen LogP contribution in [0.4, 0.5) is 4.79 Å². The van der Waals surface area contributed by atoms with E-state index < -0.39 is 5.54 Å². The third-order valence-electron chi connectivity index (χ3n) is 5.58. The van der Waals surface area contributed by atoms with Crippen LogP contribution in [0.15, 0.2) is 12.2 Å².